The van der Waals surface area contributed by atoms with Gasteiger partial charge in [-0.25, -0.2) is 15.2 Å². The smallest absolute Gasteiger partial charge is 0.239 e. The molecule has 0 atom stereocenters. The lowest BCUT2D eigenvalue weighted by Gasteiger charge is -2.06. The quantitative estimate of drug-likeness (QED) is 0.579. The van der Waals surface area contributed by atoms with E-state index in [4.69, 9.17) is 5.84 Å². The van der Waals surface area contributed by atoms with Crippen LogP contribution in [-0.2, 0) is 6.42 Å². The lowest BCUT2D eigenvalue weighted by atomic mass is 10.3. The van der Waals surface area contributed by atoms with Gasteiger partial charge in [0, 0.05) is 11.4 Å². The second-order valence-electron chi connectivity index (χ2n) is 3.42. The summed E-state index contributed by atoms with van der Waals surface area (Å²) >= 11 is 5.05. The molecule has 0 saturated carbocycles. The van der Waals surface area contributed by atoms with E-state index in [1.165, 1.54) is 4.88 Å². The molecule has 0 unspecified atom stereocenters. The highest BCUT2D eigenvalue weighted by molar-refractivity contribution is 9.11. The molecule has 2 heterocycles. The second-order valence-corrected chi connectivity index (χ2v) is 5.96. The molecule has 0 radical (unpaired) electrons. The van der Waals surface area contributed by atoms with Crippen molar-refractivity contribution in [3.05, 3.63) is 32.8 Å². The Kier molecular flexibility index (Phi) is 4.45. The van der Waals surface area contributed by atoms with Gasteiger partial charge in [0.2, 0.25) is 5.95 Å². The number of hydrogen-bond donors (Lipinski definition) is 3. The molecule has 18 heavy (non-hydrogen) atoms. The standard InChI is InChI=1S/C10H11BrFN5S/c11-8-2-1-6(18-8)3-4-14-9-7(12)5-15-10(16-9)17-13/h1-2,5H,3-4,13H2,(H2,14,15,16,17). The van der Waals surface area contributed by atoms with E-state index in [1.807, 2.05) is 12.1 Å². The zero-order chi connectivity index (χ0) is 13.0. The second kappa shape index (κ2) is 6.07. The van der Waals surface area contributed by atoms with Gasteiger partial charge in [-0.15, -0.1) is 11.3 Å². The molecule has 4 N–H and O–H groups in total. The molecule has 0 bridgehead atoms. The Morgan fingerprint density at radius 1 is 1.44 bits per heavy atom. The van der Waals surface area contributed by atoms with Crippen LogP contribution < -0.4 is 16.6 Å². The van der Waals surface area contributed by atoms with E-state index in [2.05, 4.69) is 36.6 Å². The van der Waals surface area contributed by atoms with Crippen molar-refractivity contribution in [3.8, 4) is 0 Å². The lowest BCUT2D eigenvalue weighted by Crippen LogP contribution is -2.14. The van der Waals surface area contributed by atoms with Crippen molar-refractivity contribution in [2.45, 2.75) is 6.42 Å². The maximum Gasteiger partial charge on any atom is 0.239 e. The fourth-order valence-corrected chi connectivity index (χ4v) is 2.83. The summed E-state index contributed by atoms with van der Waals surface area (Å²) in [4.78, 5) is 8.76. The molecule has 5 nitrogen and oxygen atoms in total. The van der Waals surface area contributed by atoms with Crippen LogP contribution in [-0.4, -0.2) is 16.5 Å². The van der Waals surface area contributed by atoms with Crippen molar-refractivity contribution < 1.29 is 4.39 Å². The van der Waals surface area contributed by atoms with Crippen molar-refractivity contribution in [3.63, 3.8) is 0 Å². The highest BCUT2D eigenvalue weighted by Gasteiger charge is 2.06. The summed E-state index contributed by atoms with van der Waals surface area (Å²) in [5.41, 5.74) is 2.27. The van der Waals surface area contributed by atoms with Gasteiger partial charge in [-0.3, -0.25) is 5.43 Å². The number of hydrogen-bond acceptors (Lipinski definition) is 6. The molecular weight excluding hydrogens is 321 g/mol. The number of nitrogens with one attached hydrogen (secondary N) is 2. The van der Waals surface area contributed by atoms with Crippen LogP contribution in [0.1, 0.15) is 4.88 Å². The first-order chi connectivity index (χ1) is 8.69. The predicted molar refractivity (Wildman–Crippen MR) is 74.0 cm³/mol. The third-order valence-electron chi connectivity index (χ3n) is 2.17. The van der Waals surface area contributed by atoms with Gasteiger partial charge < -0.3 is 5.32 Å². The lowest BCUT2D eigenvalue weighted by molar-refractivity contribution is 0.617. The molecule has 0 aliphatic rings. The van der Waals surface area contributed by atoms with Crippen LogP contribution in [0.3, 0.4) is 0 Å². The maximum atomic E-state index is 13.4. The molecular formula is C10H11BrFN5S. The number of anilines is 2. The summed E-state index contributed by atoms with van der Waals surface area (Å²) in [6, 6.07) is 4.02. The van der Waals surface area contributed by atoms with Crippen LogP contribution in [0.4, 0.5) is 16.2 Å². The predicted octanol–water partition coefficient (Wildman–Crippen LogP) is 2.38. The molecule has 2 rings (SSSR count). The topological polar surface area (TPSA) is 75.9 Å². The fraction of sp³-hybridized carbons (Fsp3) is 0.200. The van der Waals surface area contributed by atoms with Crippen molar-refractivity contribution in [1.82, 2.24) is 9.97 Å². The number of aromatic nitrogens is 2. The van der Waals surface area contributed by atoms with E-state index in [1.54, 1.807) is 11.3 Å². The Bertz CT molecular complexity index is 533. The molecule has 96 valence electrons. The van der Waals surface area contributed by atoms with Gasteiger partial charge in [-0.05, 0) is 34.5 Å². The van der Waals surface area contributed by atoms with Gasteiger partial charge in [0.1, 0.15) is 0 Å². The van der Waals surface area contributed by atoms with E-state index >= 15 is 0 Å². The Morgan fingerprint density at radius 3 is 2.94 bits per heavy atom. The average molecular weight is 332 g/mol. The molecule has 0 fully saturated rings. The van der Waals surface area contributed by atoms with Gasteiger partial charge in [-0.1, -0.05) is 0 Å². The Labute approximate surface area is 116 Å². The van der Waals surface area contributed by atoms with Gasteiger partial charge in [-0.2, -0.15) is 4.98 Å². The third-order valence-corrected chi connectivity index (χ3v) is 3.85. The molecule has 0 spiro atoms. The first-order valence-corrected chi connectivity index (χ1v) is 6.77. The van der Waals surface area contributed by atoms with Gasteiger partial charge >= 0.3 is 0 Å². The highest BCUT2D eigenvalue weighted by Crippen LogP contribution is 2.22. The van der Waals surface area contributed by atoms with Crippen molar-refractivity contribution in [2.75, 3.05) is 17.3 Å². The Morgan fingerprint density at radius 2 is 2.28 bits per heavy atom. The molecule has 2 aromatic rings. The zero-order valence-electron chi connectivity index (χ0n) is 9.28. The number of hydrazine groups is 1. The maximum absolute atomic E-state index is 13.4. The molecule has 2 aromatic heterocycles. The molecule has 0 saturated heterocycles. The van der Waals surface area contributed by atoms with E-state index < -0.39 is 5.82 Å². The third kappa shape index (κ3) is 3.37. The van der Waals surface area contributed by atoms with E-state index in [9.17, 15) is 4.39 Å². The minimum Gasteiger partial charge on any atom is -0.367 e. The number of nitrogen functional groups attached to an aromatic ring is 1. The summed E-state index contributed by atoms with van der Waals surface area (Å²) in [5, 5.41) is 2.92. The first kappa shape index (κ1) is 13.2. The number of nitrogens with two attached hydrogens (primary N) is 1. The molecule has 0 amide bonds. The normalized spacial score (nSPS) is 10.4. The Hall–Kier alpha value is -1.25. The fourth-order valence-electron chi connectivity index (χ4n) is 1.35. The minimum atomic E-state index is -0.499. The van der Waals surface area contributed by atoms with Crippen molar-refractivity contribution in [2.24, 2.45) is 5.84 Å². The van der Waals surface area contributed by atoms with Gasteiger partial charge in [0.15, 0.2) is 11.6 Å². The van der Waals surface area contributed by atoms with Gasteiger partial charge in [0.25, 0.3) is 0 Å². The molecule has 0 aliphatic carbocycles. The summed E-state index contributed by atoms with van der Waals surface area (Å²) in [7, 11) is 0. The van der Waals surface area contributed by atoms with E-state index in [0.29, 0.717) is 6.54 Å². The first-order valence-electron chi connectivity index (χ1n) is 5.16. The number of nitrogens with zero attached hydrogens (tertiary/aromatic N) is 2. The van der Waals surface area contributed by atoms with Crippen LogP contribution in [0.25, 0.3) is 0 Å². The molecule has 8 heteroatoms. The van der Waals surface area contributed by atoms with E-state index in [-0.39, 0.29) is 11.8 Å². The number of halogens is 2. The van der Waals surface area contributed by atoms with E-state index in [0.717, 1.165) is 16.4 Å². The zero-order valence-corrected chi connectivity index (χ0v) is 11.7. The average Bonchev–Trinajstić information content (AvgIpc) is 2.77. The summed E-state index contributed by atoms with van der Waals surface area (Å²) in [6.07, 6.45) is 1.87. The summed E-state index contributed by atoms with van der Waals surface area (Å²) in [6.45, 7) is 0.588. The molecule has 0 aromatic carbocycles. The van der Waals surface area contributed by atoms with Crippen LogP contribution in [0.15, 0.2) is 22.1 Å². The van der Waals surface area contributed by atoms with Gasteiger partial charge in [0.05, 0.1) is 9.98 Å². The van der Waals surface area contributed by atoms with Crippen molar-refractivity contribution in [1.29, 1.82) is 0 Å². The number of rotatable bonds is 5. The largest absolute Gasteiger partial charge is 0.367 e. The Balaban J connectivity index is 1.93. The van der Waals surface area contributed by atoms with Crippen LogP contribution in [0.5, 0.6) is 0 Å². The number of thiophene rings is 1. The SMILES string of the molecule is NNc1ncc(F)c(NCCc2ccc(Br)s2)n1. The minimum absolute atomic E-state index is 0.147. The summed E-state index contributed by atoms with van der Waals surface area (Å²) < 4.78 is 14.5. The highest BCUT2D eigenvalue weighted by atomic mass is 79.9. The monoisotopic (exact) mass is 331 g/mol. The van der Waals surface area contributed by atoms with Crippen LogP contribution in [0.2, 0.25) is 0 Å². The van der Waals surface area contributed by atoms with Crippen LogP contribution in [0, 0.1) is 5.82 Å². The van der Waals surface area contributed by atoms with Crippen molar-refractivity contribution >= 4 is 39.0 Å². The molecule has 0 aliphatic heterocycles. The van der Waals surface area contributed by atoms with Crippen LogP contribution >= 0.6 is 27.3 Å². The summed E-state index contributed by atoms with van der Waals surface area (Å²) in [5.74, 6) is 4.99.